The number of benzene rings is 2. The zero-order chi connectivity index (χ0) is 20.3. The van der Waals surface area contributed by atoms with E-state index in [1.807, 2.05) is 48.5 Å². The van der Waals surface area contributed by atoms with E-state index >= 15 is 0 Å². The van der Waals surface area contributed by atoms with Gasteiger partial charge in [-0.25, -0.2) is 0 Å². The Morgan fingerprint density at radius 2 is 1.76 bits per heavy atom. The number of sulfone groups is 1. The van der Waals surface area contributed by atoms with Crippen LogP contribution in [0.3, 0.4) is 0 Å². The average molecular weight is 424 g/mol. The van der Waals surface area contributed by atoms with Crippen molar-refractivity contribution in [3.63, 3.8) is 0 Å². The molecule has 3 rings (SSSR count). The van der Waals surface area contributed by atoms with E-state index in [9.17, 15) is 8.42 Å². The molecule has 1 saturated heterocycles. The summed E-state index contributed by atoms with van der Waals surface area (Å²) < 4.78 is 50.3. The van der Waals surface area contributed by atoms with E-state index in [1.54, 1.807) is 12.1 Å². The summed E-state index contributed by atoms with van der Waals surface area (Å²) in [5.41, 5.74) is 1.57. The first-order chi connectivity index (χ1) is 13.2. The molecule has 1 fully saturated rings. The Morgan fingerprint density at radius 3 is 2.36 bits per heavy atom. The summed E-state index contributed by atoms with van der Waals surface area (Å²) in [5, 5.41) is 0.896. The fraction of sp³-hybridized carbons (Fsp3) is 0.429. The van der Waals surface area contributed by atoms with E-state index < -0.39 is 26.9 Å². The van der Waals surface area contributed by atoms with Gasteiger partial charge in [0.05, 0.1) is 0 Å². The summed E-state index contributed by atoms with van der Waals surface area (Å²) in [4.78, 5) is 0. The first kappa shape index (κ1) is 15.0. The molecule has 2 aromatic rings. The van der Waals surface area contributed by atoms with E-state index in [4.69, 9.17) is 4.11 Å². The predicted molar refractivity (Wildman–Crippen MR) is 106 cm³/mol. The van der Waals surface area contributed by atoms with Crippen molar-refractivity contribution in [3.05, 3.63) is 71.8 Å². The van der Waals surface area contributed by atoms with E-state index in [-0.39, 0.29) is 26.5 Å². The SMILES string of the molecule is [2H]C([2H])([2H])C1(C(CS(=O)(=O)Cc2ccccc2)c2ccccc2)CCCC[Se]1. The molecule has 0 spiro atoms. The Morgan fingerprint density at radius 1 is 1.08 bits per heavy atom. The van der Waals surface area contributed by atoms with Gasteiger partial charge in [0.2, 0.25) is 0 Å². The van der Waals surface area contributed by atoms with Gasteiger partial charge in [-0.1, -0.05) is 0 Å². The molecule has 0 bridgehead atoms. The molecule has 2 aromatic carbocycles. The summed E-state index contributed by atoms with van der Waals surface area (Å²) >= 11 is -0.126. The van der Waals surface area contributed by atoms with Gasteiger partial charge in [0.25, 0.3) is 0 Å². The zero-order valence-corrected chi connectivity index (χ0v) is 16.8. The molecule has 0 N–H and O–H groups in total. The molecule has 2 nitrogen and oxygen atoms in total. The van der Waals surface area contributed by atoms with Gasteiger partial charge >= 0.3 is 162 Å². The molecular weight excluding hydrogens is 395 g/mol. The van der Waals surface area contributed by atoms with E-state index in [0.29, 0.717) is 6.42 Å². The molecule has 1 aliphatic heterocycles. The normalized spacial score (nSPS) is 24.7. The van der Waals surface area contributed by atoms with Crippen molar-refractivity contribution >= 4 is 24.8 Å². The second-order valence-corrected chi connectivity index (χ2v) is 11.8. The van der Waals surface area contributed by atoms with E-state index in [0.717, 1.165) is 29.3 Å². The van der Waals surface area contributed by atoms with Crippen LogP contribution in [0, 0.1) is 0 Å². The zero-order valence-electron chi connectivity index (χ0n) is 17.2. The molecule has 2 unspecified atom stereocenters. The maximum absolute atomic E-state index is 13.1. The summed E-state index contributed by atoms with van der Waals surface area (Å²) in [6, 6.07) is 18.5. The molecule has 2 atom stereocenters. The van der Waals surface area contributed by atoms with Crippen molar-refractivity contribution in [2.45, 2.75) is 47.4 Å². The van der Waals surface area contributed by atoms with Crippen LogP contribution < -0.4 is 0 Å². The van der Waals surface area contributed by atoms with Crippen LogP contribution in [0.15, 0.2) is 60.7 Å². The van der Waals surface area contributed by atoms with Gasteiger partial charge in [0, 0.05) is 0 Å². The first-order valence-electron chi connectivity index (χ1n) is 10.2. The van der Waals surface area contributed by atoms with Gasteiger partial charge in [-0.05, 0) is 0 Å². The van der Waals surface area contributed by atoms with Gasteiger partial charge in [0.1, 0.15) is 0 Å². The minimum absolute atomic E-state index is 0.0543. The number of hydrogen-bond donors (Lipinski definition) is 0. The Bertz CT molecular complexity index is 862. The third-order valence-corrected chi connectivity index (χ3v) is 9.47. The standard InChI is InChI=1S/C21H26O2SSe/c1-21(14-8-9-15-25-21)20(19-12-6-3-7-13-19)17-24(22,23)16-18-10-4-2-5-11-18/h2-7,10-13,20H,8-9,14-17H2,1H3/i1D3. The predicted octanol–water partition coefficient (Wildman–Crippen LogP) is 4.87. The second-order valence-electron chi connectivity index (χ2n) is 6.70. The Kier molecular flexibility index (Phi) is 4.85. The molecule has 0 amide bonds. The van der Waals surface area contributed by atoms with E-state index in [1.165, 1.54) is 0 Å². The van der Waals surface area contributed by atoms with Gasteiger partial charge in [-0.2, -0.15) is 0 Å². The van der Waals surface area contributed by atoms with Crippen LogP contribution in [-0.4, -0.2) is 29.1 Å². The van der Waals surface area contributed by atoms with Crippen molar-refractivity contribution in [2.24, 2.45) is 0 Å². The van der Waals surface area contributed by atoms with Gasteiger partial charge in [-0.3, -0.25) is 0 Å². The van der Waals surface area contributed by atoms with Crippen molar-refractivity contribution in [3.8, 4) is 0 Å². The summed E-state index contributed by atoms with van der Waals surface area (Å²) in [6.07, 6.45) is 2.46. The molecule has 0 aliphatic carbocycles. The summed E-state index contributed by atoms with van der Waals surface area (Å²) in [5.74, 6) is -0.678. The van der Waals surface area contributed by atoms with Crippen LogP contribution in [0.1, 0.15) is 47.3 Å². The third kappa shape index (κ3) is 4.97. The van der Waals surface area contributed by atoms with Crippen LogP contribution in [0.25, 0.3) is 0 Å². The summed E-state index contributed by atoms with van der Waals surface area (Å²) in [6.45, 7) is -2.17. The molecule has 4 heteroatoms. The second kappa shape index (κ2) is 8.07. The minimum atomic E-state index is -3.47. The van der Waals surface area contributed by atoms with Crippen LogP contribution in [0.2, 0.25) is 9.63 Å². The number of rotatable bonds is 6. The molecule has 1 heterocycles. The monoisotopic (exact) mass is 425 g/mol. The molecule has 0 radical (unpaired) electrons. The van der Waals surface area contributed by atoms with Crippen LogP contribution in [0.5, 0.6) is 0 Å². The van der Waals surface area contributed by atoms with Crippen molar-refractivity contribution < 1.29 is 12.5 Å². The summed E-state index contributed by atoms with van der Waals surface area (Å²) in [7, 11) is -3.47. The van der Waals surface area contributed by atoms with Gasteiger partial charge in [0.15, 0.2) is 0 Å². The van der Waals surface area contributed by atoms with Crippen LogP contribution >= 0.6 is 0 Å². The molecule has 0 aromatic heterocycles. The molecule has 0 saturated carbocycles. The van der Waals surface area contributed by atoms with E-state index in [2.05, 4.69) is 0 Å². The van der Waals surface area contributed by atoms with Gasteiger partial charge < -0.3 is 0 Å². The molecule has 1 aliphatic rings. The van der Waals surface area contributed by atoms with Crippen molar-refractivity contribution in [2.75, 3.05) is 5.75 Å². The van der Waals surface area contributed by atoms with Crippen LogP contribution in [-0.2, 0) is 15.6 Å². The van der Waals surface area contributed by atoms with Crippen molar-refractivity contribution in [1.82, 2.24) is 0 Å². The first-order valence-corrected chi connectivity index (χ1v) is 12.6. The van der Waals surface area contributed by atoms with Gasteiger partial charge in [-0.15, -0.1) is 0 Å². The Hall–Kier alpha value is -1.09. The number of hydrogen-bond acceptors (Lipinski definition) is 2. The van der Waals surface area contributed by atoms with Crippen molar-refractivity contribution in [1.29, 1.82) is 0 Å². The average Bonchev–Trinajstić information content (AvgIpc) is 2.67. The fourth-order valence-corrected chi connectivity index (χ4v) is 8.44. The Balaban J connectivity index is 2.00. The molecular formula is C21H26O2SSe. The maximum atomic E-state index is 13.1. The van der Waals surface area contributed by atoms with Crippen LogP contribution in [0.4, 0.5) is 0 Å². The quantitative estimate of drug-likeness (QED) is 0.620. The molecule has 134 valence electrons. The Labute approximate surface area is 162 Å². The topological polar surface area (TPSA) is 34.1 Å². The fourth-order valence-electron chi connectivity index (χ4n) is 3.42. The molecule has 25 heavy (non-hydrogen) atoms. The third-order valence-electron chi connectivity index (χ3n) is 4.72.